The van der Waals surface area contributed by atoms with Gasteiger partial charge in [-0.1, -0.05) is 13.8 Å². The molecule has 1 aliphatic heterocycles. The van der Waals surface area contributed by atoms with E-state index in [1.807, 2.05) is 18.7 Å². The summed E-state index contributed by atoms with van der Waals surface area (Å²) in [5, 5.41) is 6.61. The molecule has 0 aromatic heterocycles. The fraction of sp³-hybridized carbons (Fsp3) is 0.875. The quantitative estimate of drug-likeness (QED) is 0.524. The van der Waals surface area contributed by atoms with E-state index in [1.165, 1.54) is 6.26 Å². The summed E-state index contributed by atoms with van der Waals surface area (Å²) in [5.41, 5.74) is -0.138. The largest absolute Gasteiger partial charge is 0.356 e. The lowest BCUT2D eigenvalue weighted by atomic mass is 10.1. The Morgan fingerprint density at radius 2 is 2.04 bits per heavy atom. The van der Waals surface area contributed by atoms with Gasteiger partial charge in [-0.05, 0) is 19.3 Å². The Hall–Kier alpha value is -1.31. The third kappa shape index (κ3) is 5.36. The SMILES string of the molecule is CN=C(NCC1(CS(C)(=O)=O)CC1)NC1CCN(C(=O)C(C)C)C1. The van der Waals surface area contributed by atoms with E-state index in [0.29, 0.717) is 19.0 Å². The van der Waals surface area contributed by atoms with Crippen LogP contribution in [-0.4, -0.2) is 69.9 Å². The van der Waals surface area contributed by atoms with Crippen LogP contribution in [0.2, 0.25) is 0 Å². The summed E-state index contributed by atoms with van der Waals surface area (Å²) in [4.78, 5) is 18.2. The van der Waals surface area contributed by atoms with E-state index in [2.05, 4.69) is 15.6 Å². The second-order valence-corrected chi connectivity index (χ2v) is 9.70. The Kier molecular flexibility index (Phi) is 5.78. The lowest BCUT2D eigenvalue weighted by molar-refractivity contribution is -0.133. The molecular weight excluding hydrogens is 328 g/mol. The average molecular weight is 359 g/mol. The zero-order valence-corrected chi connectivity index (χ0v) is 15.9. The molecule has 1 heterocycles. The molecule has 0 spiro atoms. The molecule has 2 rings (SSSR count). The van der Waals surface area contributed by atoms with E-state index >= 15 is 0 Å². The van der Waals surface area contributed by atoms with Crippen molar-refractivity contribution in [2.75, 3.05) is 38.7 Å². The van der Waals surface area contributed by atoms with Gasteiger partial charge in [0.05, 0.1) is 5.75 Å². The van der Waals surface area contributed by atoms with Gasteiger partial charge >= 0.3 is 0 Å². The Morgan fingerprint density at radius 1 is 1.38 bits per heavy atom. The van der Waals surface area contributed by atoms with E-state index < -0.39 is 9.84 Å². The lowest BCUT2D eigenvalue weighted by Gasteiger charge is -2.22. The van der Waals surface area contributed by atoms with Gasteiger partial charge in [0.25, 0.3) is 0 Å². The number of likely N-dealkylation sites (tertiary alicyclic amines) is 1. The number of nitrogens with zero attached hydrogens (tertiary/aromatic N) is 2. The van der Waals surface area contributed by atoms with Gasteiger partial charge in [0.1, 0.15) is 9.84 Å². The van der Waals surface area contributed by atoms with E-state index in [1.54, 1.807) is 7.05 Å². The summed E-state index contributed by atoms with van der Waals surface area (Å²) in [5.74, 6) is 1.11. The highest BCUT2D eigenvalue weighted by atomic mass is 32.2. The Morgan fingerprint density at radius 3 is 2.54 bits per heavy atom. The van der Waals surface area contributed by atoms with E-state index in [9.17, 15) is 13.2 Å². The second-order valence-electron chi connectivity index (χ2n) is 7.56. The first kappa shape index (κ1) is 19.0. The molecular formula is C16H30N4O3S. The van der Waals surface area contributed by atoms with Gasteiger partial charge in [0.15, 0.2) is 5.96 Å². The highest BCUT2D eigenvalue weighted by molar-refractivity contribution is 7.90. The number of rotatable bonds is 6. The van der Waals surface area contributed by atoms with Crippen molar-refractivity contribution in [2.24, 2.45) is 16.3 Å². The third-order valence-corrected chi connectivity index (χ3v) is 5.85. The maximum atomic E-state index is 12.0. The Balaban J connectivity index is 1.81. The first-order valence-electron chi connectivity index (χ1n) is 8.58. The summed E-state index contributed by atoms with van der Waals surface area (Å²) >= 11 is 0. The molecule has 0 radical (unpaired) electrons. The van der Waals surface area contributed by atoms with Crippen molar-refractivity contribution in [2.45, 2.75) is 39.2 Å². The van der Waals surface area contributed by atoms with E-state index in [-0.39, 0.29) is 29.0 Å². The molecule has 0 aromatic carbocycles. The van der Waals surface area contributed by atoms with Crippen molar-refractivity contribution in [1.82, 2.24) is 15.5 Å². The third-order valence-electron chi connectivity index (χ3n) is 4.71. The van der Waals surface area contributed by atoms with Gasteiger partial charge < -0.3 is 15.5 Å². The van der Waals surface area contributed by atoms with E-state index in [0.717, 1.165) is 25.8 Å². The van der Waals surface area contributed by atoms with Crippen LogP contribution < -0.4 is 10.6 Å². The molecule has 1 aliphatic carbocycles. The van der Waals surface area contributed by atoms with Crippen LogP contribution in [0.3, 0.4) is 0 Å². The van der Waals surface area contributed by atoms with Crippen LogP contribution in [0.25, 0.3) is 0 Å². The van der Waals surface area contributed by atoms with Gasteiger partial charge in [0, 0.05) is 50.3 Å². The van der Waals surface area contributed by atoms with Crippen molar-refractivity contribution >= 4 is 21.7 Å². The van der Waals surface area contributed by atoms with Crippen LogP contribution in [0.5, 0.6) is 0 Å². The number of amides is 1. The fourth-order valence-corrected chi connectivity index (χ4v) is 4.71. The van der Waals surface area contributed by atoms with Crippen molar-refractivity contribution in [1.29, 1.82) is 0 Å². The van der Waals surface area contributed by atoms with Crippen LogP contribution in [0, 0.1) is 11.3 Å². The predicted octanol–water partition coefficient (Wildman–Crippen LogP) is 0.233. The van der Waals surface area contributed by atoms with Crippen LogP contribution in [0.1, 0.15) is 33.1 Å². The summed E-state index contributed by atoms with van der Waals surface area (Å²) in [6.07, 6.45) is 4.06. The number of aliphatic imine (C=N–C) groups is 1. The van der Waals surface area contributed by atoms with Crippen molar-refractivity contribution < 1.29 is 13.2 Å². The minimum absolute atomic E-state index is 0.0203. The molecule has 7 nitrogen and oxygen atoms in total. The minimum atomic E-state index is -2.97. The van der Waals surface area contributed by atoms with E-state index in [4.69, 9.17) is 0 Å². The number of carbonyl (C=O) groups excluding carboxylic acids is 1. The van der Waals surface area contributed by atoms with Gasteiger partial charge in [-0.2, -0.15) is 0 Å². The first-order chi connectivity index (χ1) is 11.1. The van der Waals surface area contributed by atoms with Crippen LogP contribution in [0.4, 0.5) is 0 Å². The normalized spacial score (nSPS) is 23.5. The maximum absolute atomic E-state index is 12.0. The number of sulfone groups is 1. The number of hydrogen-bond acceptors (Lipinski definition) is 4. The molecule has 1 unspecified atom stereocenters. The Bertz CT molecular complexity index is 596. The topological polar surface area (TPSA) is 90.9 Å². The van der Waals surface area contributed by atoms with Gasteiger partial charge in [0.2, 0.25) is 5.91 Å². The molecule has 1 saturated heterocycles. The van der Waals surface area contributed by atoms with Gasteiger partial charge in [-0.25, -0.2) is 8.42 Å². The summed E-state index contributed by atoms with van der Waals surface area (Å²) in [6.45, 7) is 5.90. The highest BCUT2D eigenvalue weighted by Gasteiger charge is 2.45. The zero-order valence-electron chi connectivity index (χ0n) is 15.1. The molecule has 0 aromatic rings. The average Bonchev–Trinajstić information content (AvgIpc) is 3.07. The second kappa shape index (κ2) is 7.29. The van der Waals surface area contributed by atoms with Crippen LogP contribution in [-0.2, 0) is 14.6 Å². The molecule has 8 heteroatoms. The maximum Gasteiger partial charge on any atom is 0.225 e. The summed E-state index contributed by atoms with van der Waals surface area (Å²) < 4.78 is 23.0. The molecule has 2 N–H and O–H groups in total. The van der Waals surface area contributed by atoms with Crippen molar-refractivity contribution in [3.8, 4) is 0 Å². The highest BCUT2D eigenvalue weighted by Crippen LogP contribution is 2.45. The fourth-order valence-electron chi connectivity index (χ4n) is 3.21. The predicted molar refractivity (Wildman–Crippen MR) is 95.7 cm³/mol. The number of guanidine groups is 1. The molecule has 0 bridgehead atoms. The summed E-state index contributed by atoms with van der Waals surface area (Å²) in [7, 11) is -1.26. The first-order valence-corrected chi connectivity index (χ1v) is 10.6. The number of hydrogen-bond donors (Lipinski definition) is 2. The number of carbonyl (C=O) groups is 1. The number of nitrogens with one attached hydrogen (secondary N) is 2. The standard InChI is InChI=1S/C16H30N4O3S/c1-12(2)14(21)20-8-5-13(9-20)19-15(17-3)18-10-16(6-7-16)11-24(4,22)23/h12-13H,5-11H2,1-4H3,(H2,17,18,19). The molecule has 138 valence electrons. The lowest BCUT2D eigenvalue weighted by Crippen LogP contribution is -2.47. The molecule has 1 atom stereocenters. The van der Waals surface area contributed by atoms with Gasteiger partial charge in [-0.3, -0.25) is 9.79 Å². The minimum Gasteiger partial charge on any atom is -0.356 e. The molecule has 1 saturated carbocycles. The smallest absolute Gasteiger partial charge is 0.225 e. The van der Waals surface area contributed by atoms with Crippen molar-refractivity contribution in [3.63, 3.8) is 0 Å². The zero-order chi connectivity index (χ0) is 18.0. The monoisotopic (exact) mass is 358 g/mol. The molecule has 24 heavy (non-hydrogen) atoms. The van der Waals surface area contributed by atoms with Gasteiger partial charge in [-0.15, -0.1) is 0 Å². The van der Waals surface area contributed by atoms with Crippen LogP contribution in [0.15, 0.2) is 4.99 Å². The van der Waals surface area contributed by atoms with Crippen LogP contribution >= 0.6 is 0 Å². The summed E-state index contributed by atoms with van der Waals surface area (Å²) in [6, 6.07) is 0.184. The molecule has 2 fully saturated rings. The van der Waals surface area contributed by atoms with Crippen molar-refractivity contribution in [3.05, 3.63) is 0 Å². The molecule has 1 amide bonds. The Labute approximate surface area is 145 Å². The molecule has 2 aliphatic rings.